The quantitative estimate of drug-likeness (QED) is 0.580. The minimum Gasteiger partial charge on any atom is -0.496 e. The van der Waals surface area contributed by atoms with Gasteiger partial charge < -0.3 is 4.74 Å². The molecule has 15 heavy (non-hydrogen) atoms. The lowest BCUT2D eigenvalue weighted by atomic mass is 10.1. The standard InChI is InChI=1S/C12H13ClO2/c1-9(14)10-5-6-12(15-2)11(8-10)4-3-7-13/h3-6,8H,7H2,1-2H3. The fourth-order valence-electron chi connectivity index (χ4n) is 1.26. The number of ketones is 1. The fraction of sp³-hybridized carbons (Fsp3) is 0.250. The van der Waals surface area contributed by atoms with Crippen LogP contribution >= 0.6 is 11.6 Å². The molecule has 0 bridgehead atoms. The zero-order chi connectivity index (χ0) is 11.3. The lowest BCUT2D eigenvalue weighted by Gasteiger charge is -2.05. The summed E-state index contributed by atoms with van der Waals surface area (Å²) in [5.74, 6) is 1.22. The number of halogens is 1. The second-order valence-electron chi connectivity index (χ2n) is 3.07. The Morgan fingerprint density at radius 2 is 2.27 bits per heavy atom. The Kier molecular flexibility index (Phi) is 4.37. The summed E-state index contributed by atoms with van der Waals surface area (Å²) in [5.41, 5.74) is 1.54. The number of alkyl halides is 1. The maximum Gasteiger partial charge on any atom is 0.159 e. The molecule has 0 saturated carbocycles. The zero-order valence-electron chi connectivity index (χ0n) is 8.79. The third kappa shape index (κ3) is 3.10. The average molecular weight is 225 g/mol. The number of ether oxygens (including phenoxy) is 1. The molecule has 0 aliphatic heterocycles. The second-order valence-corrected chi connectivity index (χ2v) is 3.38. The SMILES string of the molecule is COc1ccc(C(C)=O)cc1C=CCCl. The monoisotopic (exact) mass is 224 g/mol. The molecule has 0 atom stereocenters. The van der Waals surface area contributed by atoms with E-state index >= 15 is 0 Å². The molecular formula is C12H13ClO2. The van der Waals surface area contributed by atoms with Crippen molar-refractivity contribution in [3.8, 4) is 5.75 Å². The molecule has 0 aromatic heterocycles. The molecule has 0 aliphatic carbocycles. The summed E-state index contributed by atoms with van der Waals surface area (Å²) < 4.78 is 5.17. The van der Waals surface area contributed by atoms with E-state index in [9.17, 15) is 4.79 Å². The van der Waals surface area contributed by atoms with Crippen LogP contribution in [-0.4, -0.2) is 18.8 Å². The van der Waals surface area contributed by atoms with E-state index in [0.717, 1.165) is 11.3 Å². The molecule has 1 aromatic rings. The van der Waals surface area contributed by atoms with Gasteiger partial charge in [0.05, 0.1) is 7.11 Å². The van der Waals surface area contributed by atoms with E-state index < -0.39 is 0 Å². The third-order valence-corrected chi connectivity index (χ3v) is 2.20. The highest BCUT2D eigenvalue weighted by Crippen LogP contribution is 2.21. The Morgan fingerprint density at radius 3 is 2.80 bits per heavy atom. The number of hydrogen-bond donors (Lipinski definition) is 0. The molecule has 2 nitrogen and oxygen atoms in total. The van der Waals surface area contributed by atoms with Crippen molar-refractivity contribution >= 4 is 23.5 Å². The molecular weight excluding hydrogens is 212 g/mol. The van der Waals surface area contributed by atoms with Crippen LogP contribution in [0.3, 0.4) is 0 Å². The van der Waals surface area contributed by atoms with Gasteiger partial charge in [0.15, 0.2) is 5.78 Å². The van der Waals surface area contributed by atoms with Gasteiger partial charge in [0.25, 0.3) is 0 Å². The van der Waals surface area contributed by atoms with Crippen molar-refractivity contribution < 1.29 is 9.53 Å². The summed E-state index contributed by atoms with van der Waals surface area (Å²) in [6.45, 7) is 1.54. The number of methoxy groups -OCH3 is 1. The minimum atomic E-state index is 0.0400. The van der Waals surface area contributed by atoms with Gasteiger partial charge in [-0.15, -0.1) is 11.6 Å². The van der Waals surface area contributed by atoms with Gasteiger partial charge >= 0.3 is 0 Å². The first kappa shape index (κ1) is 11.8. The number of benzene rings is 1. The molecule has 0 radical (unpaired) electrons. The summed E-state index contributed by atoms with van der Waals surface area (Å²) in [7, 11) is 1.60. The molecule has 0 unspecified atom stereocenters. The van der Waals surface area contributed by atoms with Crippen molar-refractivity contribution in [1.82, 2.24) is 0 Å². The van der Waals surface area contributed by atoms with Gasteiger partial charge in [0.1, 0.15) is 5.75 Å². The van der Waals surface area contributed by atoms with Gasteiger partial charge in [0, 0.05) is 17.0 Å². The van der Waals surface area contributed by atoms with E-state index in [1.165, 1.54) is 6.92 Å². The first-order valence-corrected chi connectivity index (χ1v) is 5.14. The Labute approximate surface area is 94.5 Å². The Morgan fingerprint density at radius 1 is 1.53 bits per heavy atom. The molecule has 0 amide bonds. The van der Waals surface area contributed by atoms with Crippen LogP contribution in [0.1, 0.15) is 22.8 Å². The first-order chi connectivity index (χ1) is 7.19. The predicted molar refractivity (Wildman–Crippen MR) is 62.8 cm³/mol. The van der Waals surface area contributed by atoms with Crippen LogP contribution in [0.15, 0.2) is 24.3 Å². The predicted octanol–water partition coefficient (Wildman–Crippen LogP) is 3.15. The highest BCUT2D eigenvalue weighted by atomic mass is 35.5. The molecule has 80 valence electrons. The number of Topliss-reactive ketones (excluding diaryl/α,β-unsaturated/α-hetero) is 1. The number of rotatable bonds is 4. The number of hydrogen-bond acceptors (Lipinski definition) is 2. The van der Waals surface area contributed by atoms with E-state index in [1.54, 1.807) is 25.3 Å². The van der Waals surface area contributed by atoms with Crippen molar-refractivity contribution in [2.45, 2.75) is 6.92 Å². The maximum absolute atomic E-state index is 11.2. The maximum atomic E-state index is 11.2. The van der Waals surface area contributed by atoms with Gasteiger partial charge in [-0.3, -0.25) is 4.79 Å². The van der Waals surface area contributed by atoms with Crippen molar-refractivity contribution in [2.75, 3.05) is 13.0 Å². The summed E-state index contributed by atoms with van der Waals surface area (Å²) >= 11 is 5.55. The summed E-state index contributed by atoms with van der Waals surface area (Å²) in [6.07, 6.45) is 3.65. The van der Waals surface area contributed by atoms with Crippen LogP contribution in [-0.2, 0) is 0 Å². The van der Waals surface area contributed by atoms with E-state index in [-0.39, 0.29) is 5.78 Å². The summed E-state index contributed by atoms with van der Waals surface area (Å²) in [6, 6.07) is 5.33. The van der Waals surface area contributed by atoms with E-state index in [2.05, 4.69) is 0 Å². The van der Waals surface area contributed by atoms with Crippen molar-refractivity contribution in [2.24, 2.45) is 0 Å². The zero-order valence-corrected chi connectivity index (χ0v) is 9.54. The van der Waals surface area contributed by atoms with E-state index in [1.807, 2.05) is 12.2 Å². The summed E-state index contributed by atoms with van der Waals surface area (Å²) in [5, 5.41) is 0. The third-order valence-electron chi connectivity index (χ3n) is 2.02. The molecule has 0 spiro atoms. The Bertz CT molecular complexity index is 383. The van der Waals surface area contributed by atoms with Gasteiger partial charge in [0.2, 0.25) is 0 Å². The molecule has 0 N–H and O–H groups in total. The van der Waals surface area contributed by atoms with Gasteiger partial charge in [-0.1, -0.05) is 12.2 Å². The van der Waals surface area contributed by atoms with Crippen LogP contribution in [0.25, 0.3) is 6.08 Å². The molecule has 1 aromatic carbocycles. The Balaban J connectivity index is 3.13. The molecule has 0 heterocycles. The first-order valence-electron chi connectivity index (χ1n) is 4.60. The molecule has 0 fully saturated rings. The van der Waals surface area contributed by atoms with Crippen LogP contribution in [0.2, 0.25) is 0 Å². The van der Waals surface area contributed by atoms with Crippen LogP contribution in [0.5, 0.6) is 5.75 Å². The topological polar surface area (TPSA) is 26.3 Å². The number of allylic oxidation sites excluding steroid dienone is 1. The van der Waals surface area contributed by atoms with Crippen molar-refractivity contribution in [3.63, 3.8) is 0 Å². The number of carbonyl (C=O) groups is 1. The van der Waals surface area contributed by atoms with E-state index in [0.29, 0.717) is 11.4 Å². The minimum absolute atomic E-state index is 0.0400. The lowest BCUT2D eigenvalue weighted by molar-refractivity contribution is 0.101. The van der Waals surface area contributed by atoms with Crippen LogP contribution < -0.4 is 4.74 Å². The Hall–Kier alpha value is -1.28. The largest absolute Gasteiger partial charge is 0.496 e. The fourth-order valence-corrected chi connectivity index (χ4v) is 1.34. The van der Waals surface area contributed by atoms with Crippen molar-refractivity contribution in [3.05, 3.63) is 35.4 Å². The molecule has 1 rings (SSSR count). The van der Waals surface area contributed by atoms with Gasteiger partial charge in [-0.25, -0.2) is 0 Å². The van der Waals surface area contributed by atoms with Crippen molar-refractivity contribution in [1.29, 1.82) is 0 Å². The molecule has 3 heteroatoms. The highest BCUT2D eigenvalue weighted by molar-refractivity contribution is 6.19. The summed E-state index contributed by atoms with van der Waals surface area (Å²) in [4.78, 5) is 11.2. The highest BCUT2D eigenvalue weighted by Gasteiger charge is 2.04. The second kappa shape index (κ2) is 5.56. The smallest absolute Gasteiger partial charge is 0.159 e. The normalized spacial score (nSPS) is 10.6. The lowest BCUT2D eigenvalue weighted by Crippen LogP contribution is -1.94. The van der Waals surface area contributed by atoms with Gasteiger partial charge in [-0.2, -0.15) is 0 Å². The average Bonchev–Trinajstić information content (AvgIpc) is 2.25. The van der Waals surface area contributed by atoms with Gasteiger partial charge in [-0.05, 0) is 25.1 Å². The number of carbonyl (C=O) groups excluding carboxylic acids is 1. The van der Waals surface area contributed by atoms with E-state index in [4.69, 9.17) is 16.3 Å². The molecule has 0 saturated heterocycles. The molecule has 0 aliphatic rings. The van der Waals surface area contributed by atoms with Crippen LogP contribution in [0.4, 0.5) is 0 Å². The van der Waals surface area contributed by atoms with Crippen LogP contribution in [0, 0.1) is 0 Å².